The first-order valence-corrected chi connectivity index (χ1v) is 15.0. The van der Waals surface area contributed by atoms with E-state index < -0.39 is 42.1 Å². The smallest absolute Gasteiger partial charge is 0.408 e. The van der Waals surface area contributed by atoms with Crippen LogP contribution in [-0.4, -0.2) is 53.3 Å². The molecule has 0 aliphatic carbocycles. The Hall–Kier alpha value is -5.88. The highest BCUT2D eigenvalue weighted by atomic mass is 16.5. The normalized spacial score (nSPS) is 12.3. The molecule has 3 atom stereocenters. The zero-order chi connectivity index (χ0) is 34.6. The number of aromatic hydroxyl groups is 1. The molecule has 0 bridgehead atoms. The second-order valence-electron chi connectivity index (χ2n) is 10.9. The molecule has 3 unspecified atom stereocenters. The molecule has 4 aromatic carbocycles. The van der Waals surface area contributed by atoms with Gasteiger partial charge >= 0.3 is 18.0 Å². The summed E-state index contributed by atoms with van der Waals surface area (Å²) >= 11 is 0. The number of carboxylic acid groups (broad SMARTS) is 1. The van der Waals surface area contributed by atoms with Crippen molar-refractivity contribution in [2.45, 2.75) is 52.1 Å². The van der Waals surface area contributed by atoms with Gasteiger partial charge in [-0.05, 0) is 41.8 Å². The van der Waals surface area contributed by atoms with Crippen LogP contribution >= 0.6 is 0 Å². The van der Waals surface area contributed by atoms with E-state index in [4.69, 9.17) is 19.9 Å². The van der Waals surface area contributed by atoms with E-state index in [1.54, 1.807) is 48.5 Å². The molecule has 0 aromatic heterocycles. The highest BCUT2D eigenvalue weighted by Crippen LogP contribution is 2.42. The molecular formula is C37H41N3O9. The zero-order valence-electron chi connectivity index (χ0n) is 26.4. The average Bonchev–Trinajstić information content (AvgIpc) is 3.09. The molecule has 0 radical (unpaired) electrons. The Kier molecular flexibility index (Phi) is 13.7. The minimum atomic E-state index is -1.71. The van der Waals surface area contributed by atoms with Crippen molar-refractivity contribution in [1.29, 1.82) is 0 Å². The Labute approximate surface area is 284 Å². The molecule has 258 valence electrons. The summed E-state index contributed by atoms with van der Waals surface area (Å²) in [7, 11) is 1.16. The number of phenols is 1. The van der Waals surface area contributed by atoms with Gasteiger partial charge in [-0.15, -0.1) is 0 Å². The second kappa shape index (κ2) is 17.9. The number of ether oxygens (including phenoxy) is 3. The van der Waals surface area contributed by atoms with E-state index in [1.165, 1.54) is 19.1 Å². The molecule has 0 saturated heterocycles. The number of carboxylic acids is 1. The van der Waals surface area contributed by atoms with Crippen molar-refractivity contribution in [3.05, 3.63) is 119 Å². The number of alkyl carbamates (subject to hydrolysis) is 1. The average molecular weight is 672 g/mol. The van der Waals surface area contributed by atoms with Crippen LogP contribution in [0.2, 0.25) is 0 Å². The highest BCUT2D eigenvalue weighted by Gasteiger charge is 2.31. The third-order valence-corrected chi connectivity index (χ3v) is 7.29. The molecule has 0 fully saturated rings. The van der Waals surface area contributed by atoms with Crippen molar-refractivity contribution in [3.8, 4) is 22.6 Å². The topological polar surface area (TPSA) is 187 Å². The number of para-hydroxylation sites is 1. The molecule has 0 saturated carbocycles. The van der Waals surface area contributed by atoms with E-state index >= 15 is 0 Å². The second-order valence-corrected chi connectivity index (χ2v) is 10.9. The van der Waals surface area contributed by atoms with Crippen LogP contribution in [0.25, 0.3) is 11.1 Å². The molecule has 49 heavy (non-hydrogen) atoms. The number of nitrogens with one attached hydrogen (secondary N) is 2. The predicted octanol–water partition coefficient (Wildman–Crippen LogP) is 4.87. The molecule has 0 aliphatic heterocycles. The molecule has 0 aliphatic rings. The number of hydrogen-bond acceptors (Lipinski definition) is 9. The fourth-order valence-corrected chi connectivity index (χ4v) is 4.87. The first-order valence-electron chi connectivity index (χ1n) is 15.0. The Bertz CT molecular complexity index is 1730. The van der Waals surface area contributed by atoms with Crippen LogP contribution in [0.15, 0.2) is 97.1 Å². The van der Waals surface area contributed by atoms with Crippen LogP contribution in [0.4, 0.5) is 4.79 Å². The predicted molar refractivity (Wildman–Crippen MR) is 182 cm³/mol. The van der Waals surface area contributed by atoms with E-state index in [-0.39, 0.29) is 55.3 Å². The van der Waals surface area contributed by atoms with Crippen molar-refractivity contribution in [2.24, 2.45) is 5.73 Å². The number of amides is 2. The maximum atomic E-state index is 13.0. The standard InChI is InChI=1S/C36H37N3O9.CH4/c1-22(37)33(41)38-29(35(44)46-2)19-25-17-27(26-15-9-10-16-30(26)40)32(47-20-23-11-5-3-6-12-23)28(18-25)31(34(42)43)39-36(45)48-21-24-13-7-4-8-14-24;/h3-18,22,29,31,40H,19-21,37H2,1-2H3,(H,38,41)(H,39,45)(H,42,43);1H4. The third kappa shape index (κ3) is 10.3. The molecule has 0 spiro atoms. The lowest BCUT2D eigenvalue weighted by Crippen LogP contribution is -2.48. The van der Waals surface area contributed by atoms with Gasteiger partial charge in [0.2, 0.25) is 5.91 Å². The molecule has 12 nitrogen and oxygen atoms in total. The Morgan fingerprint density at radius 2 is 1.39 bits per heavy atom. The van der Waals surface area contributed by atoms with Crippen molar-refractivity contribution >= 4 is 23.9 Å². The Morgan fingerprint density at radius 3 is 1.96 bits per heavy atom. The minimum Gasteiger partial charge on any atom is -0.507 e. The number of nitrogens with two attached hydrogens (primary N) is 1. The summed E-state index contributed by atoms with van der Waals surface area (Å²) in [5.74, 6) is -2.90. The third-order valence-electron chi connectivity index (χ3n) is 7.29. The van der Waals surface area contributed by atoms with Crippen molar-refractivity contribution < 1.29 is 43.6 Å². The number of phenolic OH excluding ortho intramolecular Hbond substituents is 1. The summed E-state index contributed by atoms with van der Waals surface area (Å²) in [6, 6.07) is 23.6. The fraction of sp³-hybridized carbons (Fsp3) is 0.243. The summed E-state index contributed by atoms with van der Waals surface area (Å²) < 4.78 is 16.5. The SMILES string of the molecule is C.COC(=O)C(Cc1cc(-c2ccccc2O)c(OCc2ccccc2)c(C(NC(=O)OCc2ccccc2)C(=O)O)c1)NC(=O)C(C)N. The molecule has 12 heteroatoms. The largest absolute Gasteiger partial charge is 0.507 e. The van der Waals surface area contributed by atoms with Crippen LogP contribution in [0, 0.1) is 0 Å². The number of benzene rings is 4. The number of esters is 1. The maximum absolute atomic E-state index is 13.0. The summed E-state index contributed by atoms with van der Waals surface area (Å²) in [5.41, 5.74) is 8.07. The van der Waals surface area contributed by atoms with Gasteiger partial charge in [0.25, 0.3) is 0 Å². The number of hydrogen-bond donors (Lipinski definition) is 5. The minimum absolute atomic E-state index is 0. The van der Waals surface area contributed by atoms with Gasteiger partial charge in [0.1, 0.15) is 30.8 Å². The van der Waals surface area contributed by atoms with Gasteiger partial charge in [-0.3, -0.25) is 4.79 Å². The van der Waals surface area contributed by atoms with E-state index in [2.05, 4.69) is 10.6 Å². The summed E-state index contributed by atoms with van der Waals surface area (Å²) in [6.07, 6.45) is -1.17. The van der Waals surface area contributed by atoms with Crippen LogP contribution in [0.5, 0.6) is 11.5 Å². The van der Waals surface area contributed by atoms with Gasteiger partial charge in [0, 0.05) is 23.1 Å². The van der Waals surface area contributed by atoms with Crippen LogP contribution in [0.1, 0.15) is 42.6 Å². The monoisotopic (exact) mass is 671 g/mol. The van der Waals surface area contributed by atoms with Crippen molar-refractivity contribution in [2.75, 3.05) is 7.11 Å². The van der Waals surface area contributed by atoms with Gasteiger partial charge < -0.3 is 40.8 Å². The summed E-state index contributed by atoms with van der Waals surface area (Å²) in [5, 5.41) is 26.3. The molecule has 6 N–H and O–H groups in total. The van der Waals surface area contributed by atoms with E-state index in [0.29, 0.717) is 11.1 Å². The molecular weight excluding hydrogens is 630 g/mol. The van der Waals surface area contributed by atoms with Crippen molar-refractivity contribution in [3.63, 3.8) is 0 Å². The Balaban J connectivity index is 0.00000650. The van der Waals surface area contributed by atoms with Gasteiger partial charge in [-0.1, -0.05) is 86.3 Å². The number of methoxy groups -OCH3 is 1. The van der Waals surface area contributed by atoms with Gasteiger partial charge in [0.15, 0.2) is 6.04 Å². The first-order chi connectivity index (χ1) is 23.1. The van der Waals surface area contributed by atoms with E-state index in [9.17, 15) is 29.4 Å². The van der Waals surface area contributed by atoms with Crippen molar-refractivity contribution in [1.82, 2.24) is 10.6 Å². The fourth-order valence-electron chi connectivity index (χ4n) is 4.87. The first kappa shape index (κ1) is 37.6. The number of carbonyl (C=O) groups excluding carboxylic acids is 3. The summed E-state index contributed by atoms with van der Waals surface area (Å²) in [6.45, 7) is 1.35. The molecule has 0 heterocycles. The maximum Gasteiger partial charge on any atom is 0.408 e. The van der Waals surface area contributed by atoms with Crippen LogP contribution in [0.3, 0.4) is 0 Å². The van der Waals surface area contributed by atoms with Gasteiger partial charge in [0.05, 0.1) is 13.2 Å². The molecule has 4 aromatic rings. The summed E-state index contributed by atoms with van der Waals surface area (Å²) in [4.78, 5) is 51.1. The number of aliphatic carboxylic acids is 1. The van der Waals surface area contributed by atoms with Gasteiger partial charge in [-0.25, -0.2) is 14.4 Å². The van der Waals surface area contributed by atoms with Crippen LogP contribution < -0.4 is 21.1 Å². The lowest BCUT2D eigenvalue weighted by atomic mass is 9.91. The highest BCUT2D eigenvalue weighted by molar-refractivity contribution is 5.88. The zero-order valence-corrected chi connectivity index (χ0v) is 26.4. The number of rotatable bonds is 14. The lowest BCUT2D eigenvalue weighted by molar-refractivity contribution is -0.145. The van der Waals surface area contributed by atoms with E-state index in [1.807, 2.05) is 36.4 Å². The lowest BCUT2D eigenvalue weighted by Gasteiger charge is -2.24. The van der Waals surface area contributed by atoms with E-state index in [0.717, 1.165) is 12.7 Å². The molecule has 2 amide bonds. The van der Waals surface area contributed by atoms with Crippen LogP contribution in [-0.2, 0) is 43.5 Å². The number of carbonyl (C=O) groups is 4. The quantitative estimate of drug-likeness (QED) is 0.116. The molecule has 4 rings (SSSR count). The van der Waals surface area contributed by atoms with Gasteiger partial charge in [-0.2, -0.15) is 0 Å². The Morgan fingerprint density at radius 1 is 0.796 bits per heavy atom.